The molecule has 0 saturated carbocycles. The number of carbonyl (C=O) groups excluding carboxylic acids is 1. The Labute approximate surface area is 86.6 Å². The van der Waals surface area contributed by atoms with Gasteiger partial charge in [-0.1, -0.05) is 0 Å². The third-order valence-corrected chi connectivity index (χ3v) is 2.86. The molecule has 0 heterocycles. The first kappa shape index (κ1) is 11.6. The molecule has 0 radical (unpaired) electrons. The minimum Gasteiger partial charge on any atom is -0.465 e. The lowest BCUT2D eigenvalue weighted by Gasteiger charge is -2.03. The topological polar surface area (TPSA) is 60.4 Å². The minimum absolute atomic E-state index is 0.000625. The maximum absolute atomic E-state index is 13.1. The van der Waals surface area contributed by atoms with E-state index in [9.17, 15) is 17.6 Å². The highest BCUT2D eigenvalue weighted by atomic mass is 32.2. The van der Waals surface area contributed by atoms with Crippen molar-refractivity contribution in [3.05, 3.63) is 29.6 Å². The largest absolute Gasteiger partial charge is 0.465 e. The van der Waals surface area contributed by atoms with E-state index in [1.165, 1.54) is 0 Å². The van der Waals surface area contributed by atoms with Crippen molar-refractivity contribution in [1.82, 2.24) is 0 Å². The van der Waals surface area contributed by atoms with E-state index in [1.54, 1.807) is 0 Å². The Morgan fingerprint density at radius 3 is 2.47 bits per heavy atom. The van der Waals surface area contributed by atoms with Gasteiger partial charge >= 0.3 is 5.97 Å². The zero-order chi connectivity index (χ0) is 11.6. The molecule has 0 atom stereocenters. The van der Waals surface area contributed by atoms with Crippen LogP contribution in [0.5, 0.6) is 0 Å². The standard InChI is InChI=1S/C9H9FO4S/c1-14-9(11)6-3-4-7(10)8(5-6)15(2,12)13/h3-5H,1-2H3. The summed E-state index contributed by atoms with van der Waals surface area (Å²) in [5.74, 6) is -1.59. The second-order valence-corrected chi connectivity index (χ2v) is 4.89. The van der Waals surface area contributed by atoms with Gasteiger partial charge in [0.25, 0.3) is 0 Å². The molecule has 0 saturated heterocycles. The average Bonchev–Trinajstić information content (AvgIpc) is 2.15. The van der Waals surface area contributed by atoms with E-state index in [0.29, 0.717) is 0 Å². The average molecular weight is 232 g/mol. The molecule has 15 heavy (non-hydrogen) atoms. The summed E-state index contributed by atoms with van der Waals surface area (Å²) in [6.45, 7) is 0. The van der Waals surface area contributed by atoms with Gasteiger partial charge in [-0.15, -0.1) is 0 Å². The molecule has 1 rings (SSSR count). The van der Waals surface area contributed by atoms with Crippen molar-refractivity contribution in [2.75, 3.05) is 13.4 Å². The van der Waals surface area contributed by atoms with E-state index in [4.69, 9.17) is 0 Å². The van der Waals surface area contributed by atoms with Crippen LogP contribution in [0.3, 0.4) is 0 Å². The van der Waals surface area contributed by atoms with Gasteiger partial charge in [-0.25, -0.2) is 17.6 Å². The van der Waals surface area contributed by atoms with E-state index >= 15 is 0 Å². The predicted octanol–water partition coefficient (Wildman–Crippen LogP) is 1.02. The number of benzene rings is 1. The number of halogens is 1. The van der Waals surface area contributed by atoms with Crippen LogP contribution in [-0.2, 0) is 14.6 Å². The molecular formula is C9H9FO4S. The number of rotatable bonds is 2. The molecule has 0 aromatic heterocycles. The Morgan fingerprint density at radius 1 is 1.40 bits per heavy atom. The van der Waals surface area contributed by atoms with Crippen molar-refractivity contribution >= 4 is 15.8 Å². The SMILES string of the molecule is COC(=O)c1ccc(F)c(S(C)(=O)=O)c1. The molecule has 0 aliphatic heterocycles. The van der Waals surface area contributed by atoms with Crippen LogP contribution >= 0.6 is 0 Å². The molecule has 6 heteroatoms. The number of hydrogen-bond acceptors (Lipinski definition) is 4. The molecule has 0 spiro atoms. The van der Waals surface area contributed by atoms with Gasteiger partial charge in [-0.3, -0.25) is 0 Å². The van der Waals surface area contributed by atoms with Crippen molar-refractivity contribution in [3.63, 3.8) is 0 Å². The number of carbonyl (C=O) groups is 1. The molecule has 0 N–H and O–H groups in total. The van der Waals surface area contributed by atoms with Crippen LogP contribution in [0.2, 0.25) is 0 Å². The van der Waals surface area contributed by atoms with Gasteiger partial charge in [0.05, 0.1) is 12.7 Å². The first-order chi connectivity index (χ1) is 6.86. The third kappa shape index (κ3) is 2.53. The molecule has 0 fully saturated rings. The molecule has 1 aromatic rings. The summed E-state index contributed by atoms with van der Waals surface area (Å²) in [6, 6.07) is 3.04. The fourth-order valence-corrected chi connectivity index (χ4v) is 1.80. The smallest absolute Gasteiger partial charge is 0.337 e. The quantitative estimate of drug-likeness (QED) is 0.714. The van der Waals surface area contributed by atoms with E-state index in [-0.39, 0.29) is 5.56 Å². The molecule has 0 amide bonds. The second-order valence-electron chi connectivity index (χ2n) is 2.91. The molecule has 82 valence electrons. The highest BCUT2D eigenvalue weighted by Crippen LogP contribution is 2.16. The summed E-state index contributed by atoms with van der Waals surface area (Å²) >= 11 is 0. The van der Waals surface area contributed by atoms with E-state index < -0.39 is 26.5 Å². The highest BCUT2D eigenvalue weighted by Gasteiger charge is 2.16. The fourth-order valence-electron chi connectivity index (χ4n) is 1.03. The van der Waals surface area contributed by atoms with Crippen molar-refractivity contribution in [2.24, 2.45) is 0 Å². The van der Waals surface area contributed by atoms with Gasteiger partial charge in [0.1, 0.15) is 10.7 Å². The summed E-state index contributed by atoms with van der Waals surface area (Å²) in [5.41, 5.74) is -0.000625. The van der Waals surface area contributed by atoms with Gasteiger partial charge in [-0.05, 0) is 18.2 Å². The lowest BCUT2D eigenvalue weighted by atomic mass is 10.2. The molecule has 0 aliphatic rings. The number of sulfone groups is 1. The number of ether oxygens (including phenoxy) is 1. The van der Waals surface area contributed by atoms with E-state index in [2.05, 4.69) is 4.74 Å². The maximum Gasteiger partial charge on any atom is 0.337 e. The zero-order valence-corrected chi connectivity index (χ0v) is 8.97. The summed E-state index contributed by atoms with van der Waals surface area (Å²) < 4.78 is 39.7. The summed E-state index contributed by atoms with van der Waals surface area (Å²) in [4.78, 5) is 10.6. The Kier molecular flexibility index (Phi) is 3.09. The van der Waals surface area contributed by atoms with Gasteiger partial charge < -0.3 is 4.74 Å². The molecule has 0 bridgehead atoms. The van der Waals surface area contributed by atoms with Gasteiger partial charge in [0.2, 0.25) is 0 Å². The normalized spacial score (nSPS) is 11.1. The monoisotopic (exact) mass is 232 g/mol. The van der Waals surface area contributed by atoms with Gasteiger partial charge in [0.15, 0.2) is 9.84 Å². The van der Waals surface area contributed by atoms with Gasteiger partial charge in [0, 0.05) is 6.26 Å². The Hall–Kier alpha value is -1.43. The number of hydrogen-bond donors (Lipinski definition) is 0. The summed E-state index contributed by atoms with van der Waals surface area (Å²) in [5, 5.41) is 0. The predicted molar refractivity (Wildman–Crippen MR) is 50.8 cm³/mol. The second kappa shape index (κ2) is 3.98. The molecular weight excluding hydrogens is 223 g/mol. The van der Waals surface area contributed by atoms with Crippen LogP contribution in [-0.4, -0.2) is 27.8 Å². The molecule has 0 aliphatic carbocycles. The van der Waals surface area contributed by atoms with Crippen LogP contribution in [0.1, 0.15) is 10.4 Å². The first-order valence-corrected chi connectivity index (χ1v) is 5.83. The van der Waals surface area contributed by atoms with Crippen molar-refractivity contribution in [3.8, 4) is 0 Å². The molecule has 0 unspecified atom stereocenters. The summed E-state index contributed by atoms with van der Waals surface area (Å²) in [6.07, 6.45) is 0.868. The third-order valence-electron chi connectivity index (χ3n) is 1.75. The van der Waals surface area contributed by atoms with E-state index in [1.807, 2.05) is 0 Å². The lowest BCUT2D eigenvalue weighted by Crippen LogP contribution is -2.06. The van der Waals surface area contributed by atoms with Crippen LogP contribution in [0, 0.1) is 5.82 Å². The Balaban J connectivity index is 3.36. The minimum atomic E-state index is -3.68. The van der Waals surface area contributed by atoms with Crippen molar-refractivity contribution in [2.45, 2.75) is 4.90 Å². The first-order valence-electron chi connectivity index (χ1n) is 3.94. The van der Waals surface area contributed by atoms with Gasteiger partial charge in [-0.2, -0.15) is 0 Å². The van der Waals surface area contributed by atoms with Crippen molar-refractivity contribution < 1.29 is 22.3 Å². The Bertz CT molecular complexity index is 493. The number of methoxy groups -OCH3 is 1. The summed E-state index contributed by atoms with van der Waals surface area (Å²) in [7, 11) is -2.52. The van der Waals surface area contributed by atoms with Crippen LogP contribution < -0.4 is 0 Å². The Morgan fingerprint density at radius 2 is 2.00 bits per heavy atom. The van der Waals surface area contributed by atoms with Crippen LogP contribution in [0.4, 0.5) is 4.39 Å². The zero-order valence-electron chi connectivity index (χ0n) is 8.15. The molecule has 4 nitrogen and oxygen atoms in total. The number of esters is 1. The lowest BCUT2D eigenvalue weighted by molar-refractivity contribution is 0.0600. The van der Waals surface area contributed by atoms with Crippen molar-refractivity contribution in [1.29, 1.82) is 0 Å². The van der Waals surface area contributed by atoms with Crippen LogP contribution in [0.25, 0.3) is 0 Å². The fraction of sp³-hybridized carbons (Fsp3) is 0.222. The van der Waals surface area contributed by atoms with Crippen LogP contribution in [0.15, 0.2) is 23.1 Å². The van der Waals surface area contributed by atoms with E-state index in [0.717, 1.165) is 31.6 Å². The highest BCUT2D eigenvalue weighted by molar-refractivity contribution is 7.90. The molecule has 1 aromatic carbocycles. The maximum atomic E-state index is 13.1.